The first-order valence-corrected chi connectivity index (χ1v) is 8.10. The Morgan fingerprint density at radius 3 is 2.19 bits per heavy atom. The van der Waals surface area contributed by atoms with E-state index in [-0.39, 0.29) is 11.9 Å². The van der Waals surface area contributed by atoms with Gasteiger partial charge in [-0.25, -0.2) is 4.79 Å². The summed E-state index contributed by atoms with van der Waals surface area (Å²) in [7, 11) is 0. The van der Waals surface area contributed by atoms with E-state index in [0.29, 0.717) is 10.8 Å². The molecule has 1 N–H and O–H groups in total. The van der Waals surface area contributed by atoms with Crippen LogP contribution in [0.15, 0.2) is 29.2 Å². The van der Waals surface area contributed by atoms with Crippen LogP contribution < -0.4 is 0 Å². The highest BCUT2D eigenvalue weighted by Gasteiger charge is 2.38. The van der Waals surface area contributed by atoms with E-state index in [1.54, 1.807) is 30.8 Å². The molecule has 0 aromatic heterocycles. The average Bonchev–Trinajstić information content (AvgIpc) is 3.23. The number of carboxylic acids is 1. The summed E-state index contributed by atoms with van der Waals surface area (Å²) >= 11 is 1.74. The van der Waals surface area contributed by atoms with Crippen molar-refractivity contribution in [3.8, 4) is 0 Å². The minimum absolute atomic E-state index is 0.0771. The lowest BCUT2D eigenvalue weighted by Gasteiger charge is -2.26. The van der Waals surface area contributed by atoms with Crippen LogP contribution in [0.25, 0.3) is 0 Å². The molecular formula is C16H21NO3S. The monoisotopic (exact) mass is 307 g/mol. The third-order valence-electron chi connectivity index (χ3n) is 3.42. The quantitative estimate of drug-likeness (QED) is 0.820. The molecule has 0 radical (unpaired) electrons. The predicted octanol–water partition coefficient (Wildman–Crippen LogP) is 3.26. The number of amides is 1. The van der Waals surface area contributed by atoms with E-state index >= 15 is 0 Å². The van der Waals surface area contributed by atoms with Crippen LogP contribution in [-0.2, 0) is 4.79 Å². The number of thioether (sulfide) groups is 1. The number of benzene rings is 1. The van der Waals surface area contributed by atoms with E-state index in [0.717, 1.165) is 17.7 Å². The summed E-state index contributed by atoms with van der Waals surface area (Å²) in [6.07, 6.45) is 1.79. The van der Waals surface area contributed by atoms with Gasteiger partial charge in [0.1, 0.15) is 6.04 Å². The first-order valence-electron chi connectivity index (χ1n) is 7.22. The topological polar surface area (TPSA) is 57.6 Å². The Balaban J connectivity index is 2.15. The van der Waals surface area contributed by atoms with Crippen LogP contribution in [0.2, 0.25) is 0 Å². The molecule has 1 fully saturated rings. The van der Waals surface area contributed by atoms with Gasteiger partial charge in [-0.2, -0.15) is 0 Å². The van der Waals surface area contributed by atoms with Crippen LogP contribution in [0.3, 0.4) is 0 Å². The molecule has 21 heavy (non-hydrogen) atoms. The number of aliphatic carboxylic acids is 1. The first kappa shape index (κ1) is 15.9. The molecule has 1 aliphatic rings. The maximum atomic E-state index is 12.6. The van der Waals surface area contributed by atoms with Gasteiger partial charge in [-0.1, -0.05) is 13.8 Å². The normalized spacial score (nSPS) is 15.8. The Kier molecular flexibility index (Phi) is 4.93. The summed E-state index contributed by atoms with van der Waals surface area (Å²) < 4.78 is 0. The van der Waals surface area contributed by atoms with Crippen molar-refractivity contribution < 1.29 is 14.7 Å². The maximum Gasteiger partial charge on any atom is 0.326 e. The van der Waals surface area contributed by atoms with Gasteiger partial charge in [0, 0.05) is 21.8 Å². The van der Waals surface area contributed by atoms with Gasteiger partial charge >= 0.3 is 5.97 Å². The molecule has 1 saturated carbocycles. The van der Waals surface area contributed by atoms with Gasteiger partial charge < -0.3 is 10.0 Å². The van der Waals surface area contributed by atoms with E-state index in [4.69, 9.17) is 0 Å². The Morgan fingerprint density at radius 1 is 1.19 bits per heavy atom. The highest BCUT2D eigenvalue weighted by atomic mass is 32.2. The summed E-state index contributed by atoms with van der Waals surface area (Å²) in [6.45, 7) is 5.81. The van der Waals surface area contributed by atoms with Crippen LogP contribution in [0.1, 0.15) is 44.0 Å². The number of carboxylic acid groups (broad SMARTS) is 1. The summed E-state index contributed by atoms with van der Waals surface area (Å²) in [5, 5.41) is 9.66. The zero-order valence-corrected chi connectivity index (χ0v) is 13.4. The molecule has 4 nitrogen and oxygen atoms in total. The number of hydrogen-bond acceptors (Lipinski definition) is 3. The summed E-state index contributed by atoms with van der Waals surface area (Å²) in [6, 6.07) is 6.72. The van der Waals surface area contributed by atoms with Gasteiger partial charge in [-0.3, -0.25) is 4.79 Å². The lowest BCUT2D eigenvalue weighted by molar-refractivity contribution is -0.141. The minimum Gasteiger partial charge on any atom is -0.480 e. The van der Waals surface area contributed by atoms with Crippen LogP contribution >= 0.6 is 11.8 Å². The van der Waals surface area contributed by atoms with Gasteiger partial charge in [-0.15, -0.1) is 11.8 Å². The summed E-state index contributed by atoms with van der Waals surface area (Å²) in [4.78, 5) is 26.4. The number of hydrogen-bond donors (Lipinski definition) is 1. The third-order valence-corrected chi connectivity index (χ3v) is 4.44. The highest BCUT2D eigenvalue weighted by Crippen LogP contribution is 2.31. The van der Waals surface area contributed by atoms with Crippen molar-refractivity contribution in [2.24, 2.45) is 0 Å². The molecule has 1 atom stereocenters. The van der Waals surface area contributed by atoms with Gasteiger partial charge in [0.2, 0.25) is 0 Å². The number of rotatable bonds is 6. The third kappa shape index (κ3) is 4.00. The Labute approximate surface area is 129 Å². The molecular weight excluding hydrogens is 286 g/mol. The second kappa shape index (κ2) is 6.52. The average molecular weight is 307 g/mol. The fraction of sp³-hybridized carbons (Fsp3) is 0.500. The summed E-state index contributed by atoms with van der Waals surface area (Å²) in [5.74, 6) is -1.14. The molecule has 1 aromatic carbocycles. The summed E-state index contributed by atoms with van der Waals surface area (Å²) in [5.41, 5.74) is 0.558. The zero-order valence-electron chi connectivity index (χ0n) is 12.6. The molecule has 1 aromatic rings. The van der Waals surface area contributed by atoms with Gasteiger partial charge in [0.15, 0.2) is 0 Å². The van der Waals surface area contributed by atoms with Crippen molar-refractivity contribution in [2.75, 3.05) is 0 Å². The zero-order chi connectivity index (χ0) is 15.6. The van der Waals surface area contributed by atoms with Gasteiger partial charge in [-0.05, 0) is 44.0 Å². The fourth-order valence-electron chi connectivity index (χ4n) is 2.23. The molecule has 2 rings (SSSR count). The van der Waals surface area contributed by atoms with Gasteiger partial charge in [0.05, 0.1) is 0 Å². The van der Waals surface area contributed by atoms with E-state index in [1.165, 1.54) is 4.90 Å². The van der Waals surface area contributed by atoms with Crippen molar-refractivity contribution in [1.82, 2.24) is 4.90 Å². The van der Waals surface area contributed by atoms with Crippen molar-refractivity contribution in [1.29, 1.82) is 0 Å². The van der Waals surface area contributed by atoms with E-state index < -0.39 is 12.0 Å². The van der Waals surface area contributed by atoms with Crippen LogP contribution in [0.5, 0.6) is 0 Å². The second-order valence-corrected chi connectivity index (χ2v) is 7.30. The molecule has 0 spiro atoms. The first-order chi connectivity index (χ1) is 9.90. The highest BCUT2D eigenvalue weighted by molar-refractivity contribution is 7.99. The van der Waals surface area contributed by atoms with E-state index in [1.807, 2.05) is 12.1 Å². The minimum atomic E-state index is -0.956. The van der Waals surface area contributed by atoms with Crippen molar-refractivity contribution in [3.63, 3.8) is 0 Å². The number of carbonyl (C=O) groups excluding carboxylic acids is 1. The lowest BCUT2D eigenvalue weighted by atomic mass is 10.1. The van der Waals surface area contributed by atoms with Crippen molar-refractivity contribution in [3.05, 3.63) is 29.8 Å². The Bertz CT molecular complexity index is 523. The molecule has 1 aliphatic carbocycles. The number of nitrogens with zero attached hydrogens (tertiary/aromatic N) is 1. The molecule has 0 bridgehead atoms. The van der Waals surface area contributed by atoms with Crippen molar-refractivity contribution >= 4 is 23.6 Å². The van der Waals surface area contributed by atoms with Gasteiger partial charge in [0.25, 0.3) is 5.91 Å². The van der Waals surface area contributed by atoms with E-state index in [2.05, 4.69) is 13.8 Å². The van der Waals surface area contributed by atoms with Crippen LogP contribution in [0.4, 0.5) is 0 Å². The molecule has 0 heterocycles. The lowest BCUT2D eigenvalue weighted by Crippen LogP contribution is -2.44. The standard InChI is InChI=1S/C16H21NO3S/c1-10(2)21-14-8-4-12(5-9-14)15(18)17(13-6-7-13)11(3)16(19)20/h4-5,8-11,13H,6-7H2,1-3H3,(H,19,20). The maximum absolute atomic E-state index is 12.6. The molecule has 0 saturated heterocycles. The molecule has 114 valence electrons. The molecule has 1 amide bonds. The largest absolute Gasteiger partial charge is 0.480 e. The smallest absolute Gasteiger partial charge is 0.326 e. The molecule has 1 unspecified atom stereocenters. The molecule has 5 heteroatoms. The predicted molar refractivity (Wildman–Crippen MR) is 83.7 cm³/mol. The van der Waals surface area contributed by atoms with Crippen LogP contribution in [0, 0.1) is 0 Å². The number of carbonyl (C=O) groups is 2. The second-order valence-electron chi connectivity index (χ2n) is 5.65. The fourth-order valence-corrected chi connectivity index (χ4v) is 3.06. The SMILES string of the molecule is CC(C)Sc1ccc(C(=O)N(C2CC2)C(C)C(=O)O)cc1. The van der Waals surface area contributed by atoms with Crippen molar-refractivity contribution in [2.45, 2.75) is 55.8 Å². The van der Waals surface area contributed by atoms with E-state index in [9.17, 15) is 14.7 Å². The Hall–Kier alpha value is -1.49. The molecule has 0 aliphatic heterocycles. The van der Waals surface area contributed by atoms with Crippen LogP contribution in [-0.4, -0.2) is 39.2 Å². The Morgan fingerprint density at radius 2 is 1.76 bits per heavy atom.